The van der Waals surface area contributed by atoms with Crippen LogP contribution in [0.4, 0.5) is 5.82 Å². The third kappa shape index (κ3) is 4.38. The summed E-state index contributed by atoms with van der Waals surface area (Å²) >= 11 is 0. The first kappa shape index (κ1) is 20.2. The number of fused-ring (bicyclic) bond motifs is 1. The fourth-order valence-corrected chi connectivity index (χ4v) is 3.52. The van der Waals surface area contributed by atoms with Gasteiger partial charge in [0.15, 0.2) is 0 Å². The molecular weight excluding hydrogens is 384 g/mol. The second-order valence-electron chi connectivity index (χ2n) is 7.55. The highest BCUT2D eigenvalue weighted by molar-refractivity contribution is 6.08. The zero-order chi connectivity index (χ0) is 21.1. The molecule has 1 amide bonds. The van der Waals surface area contributed by atoms with Crippen LogP contribution in [0.15, 0.2) is 36.5 Å². The van der Waals surface area contributed by atoms with E-state index in [1.54, 1.807) is 18.2 Å². The van der Waals surface area contributed by atoms with E-state index in [-0.39, 0.29) is 12.0 Å². The molecule has 1 fully saturated rings. The van der Waals surface area contributed by atoms with Crippen molar-refractivity contribution in [1.82, 2.24) is 14.8 Å². The van der Waals surface area contributed by atoms with Gasteiger partial charge < -0.3 is 19.5 Å². The van der Waals surface area contributed by atoms with Crippen LogP contribution in [-0.4, -0.2) is 47.1 Å². The smallest absolute Gasteiger partial charge is 0.260 e. The van der Waals surface area contributed by atoms with E-state index in [0.29, 0.717) is 29.1 Å². The van der Waals surface area contributed by atoms with Gasteiger partial charge in [-0.15, -0.1) is 0 Å². The Balaban J connectivity index is 1.67. The van der Waals surface area contributed by atoms with Crippen LogP contribution in [0.1, 0.15) is 43.1 Å². The summed E-state index contributed by atoms with van der Waals surface area (Å²) in [6.45, 7) is 5.33. The summed E-state index contributed by atoms with van der Waals surface area (Å²) in [5.74, 6) is 1.04. The minimum Gasteiger partial charge on any atom is -0.490 e. The monoisotopic (exact) mass is 410 g/mol. The number of ether oxygens (including phenoxy) is 3. The van der Waals surface area contributed by atoms with Crippen LogP contribution in [0.3, 0.4) is 0 Å². The maximum atomic E-state index is 13.1. The zero-order valence-electron chi connectivity index (χ0n) is 17.4. The first-order valence-electron chi connectivity index (χ1n) is 10.1. The van der Waals surface area contributed by atoms with E-state index < -0.39 is 0 Å². The molecule has 0 bridgehead atoms. The number of aromatic nitrogens is 3. The van der Waals surface area contributed by atoms with Crippen molar-refractivity contribution in [2.75, 3.05) is 25.6 Å². The third-order valence-corrected chi connectivity index (χ3v) is 4.97. The standard InChI is InChI=1S/C22H26N4O4/c1-14(2)30-19-12-18-15(13-26(25-18)16-7-9-29-10-8-16)11-17(19)22(27)24-20-5-4-6-21(23-20)28-3/h4-6,11-14,16H,7-10H2,1-3H3,(H,23,24,27). The van der Waals surface area contributed by atoms with Crippen molar-refractivity contribution in [3.63, 3.8) is 0 Å². The molecular formula is C22H26N4O4. The molecule has 0 atom stereocenters. The normalized spacial score (nSPS) is 14.8. The molecule has 1 N–H and O–H groups in total. The first-order valence-corrected chi connectivity index (χ1v) is 10.1. The predicted molar refractivity (Wildman–Crippen MR) is 113 cm³/mol. The fourth-order valence-electron chi connectivity index (χ4n) is 3.52. The number of amides is 1. The van der Waals surface area contributed by atoms with E-state index in [1.165, 1.54) is 7.11 Å². The minimum atomic E-state index is -0.299. The molecule has 1 aromatic carbocycles. The Kier molecular flexibility index (Phi) is 5.85. The van der Waals surface area contributed by atoms with Crippen molar-refractivity contribution in [1.29, 1.82) is 0 Å². The lowest BCUT2D eigenvalue weighted by Crippen LogP contribution is -2.19. The average molecular weight is 410 g/mol. The van der Waals surface area contributed by atoms with Crippen LogP contribution >= 0.6 is 0 Å². The van der Waals surface area contributed by atoms with Crippen molar-refractivity contribution in [3.05, 3.63) is 42.1 Å². The number of anilines is 1. The van der Waals surface area contributed by atoms with Crippen molar-refractivity contribution in [2.45, 2.75) is 38.8 Å². The number of benzene rings is 1. The summed E-state index contributed by atoms with van der Waals surface area (Å²) in [4.78, 5) is 17.3. The number of hydrogen-bond donors (Lipinski definition) is 1. The van der Waals surface area contributed by atoms with Gasteiger partial charge in [-0.05, 0) is 38.8 Å². The van der Waals surface area contributed by atoms with E-state index in [0.717, 1.165) is 37.0 Å². The molecule has 2 aromatic heterocycles. The van der Waals surface area contributed by atoms with Gasteiger partial charge in [-0.2, -0.15) is 10.1 Å². The molecule has 1 saturated heterocycles. The Hall–Kier alpha value is -3.13. The van der Waals surface area contributed by atoms with Gasteiger partial charge >= 0.3 is 0 Å². The molecule has 0 unspecified atom stereocenters. The molecule has 1 aliphatic rings. The second-order valence-corrected chi connectivity index (χ2v) is 7.55. The topological polar surface area (TPSA) is 87.5 Å². The van der Waals surface area contributed by atoms with Crippen molar-refractivity contribution in [2.24, 2.45) is 0 Å². The quantitative estimate of drug-likeness (QED) is 0.665. The molecule has 0 radical (unpaired) electrons. The average Bonchev–Trinajstić information content (AvgIpc) is 3.16. The lowest BCUT2D eigenvalue weighted by Gasteiger charge is -2.22. The molecule has 0 saturated carbocycles. The third-order valence-electron chi connectivity index (χ3n) is 4.97. The van der Waals surface area contributed by atoms with Crippen LogP contribution in [0.25, 0.3) is 10.9 Å². The Labute approximate surface area is 175 Å². The first-order chi connectivity index (χ1) is 14.5. The molecule has 1 aliphatic heterocycles. The summed E-state index contributed by atoms with van der Waals surface area (Å²) in [5.41, 5.74) is 1.24. The lowest BCUT2D eigenvalue weighted by atomic mass is 10.1. The van der Waals surface area contributed by atoms with Gasteiger partial charge in [-0.25, -0.2) is 0 Å². The number of nitrogens with one attached hydrogen (secondary N) is 1. The summed E-state index contributed by atoms with van der Waals surface area (Å²) < 4.78 is 18.5. The minimum absolute atomic E-state index is 0.0819. The Morgan fingerprint density at radius 1 is 1.27 bits per heavy atom. The summed E-state index contributed by atoms with van der Waals surface area (Å²) in [7, 11) is 1.53. The Morgan fingerprint density at radius 2 is 2.07 bits per heavy atom. The van der Waals surface area contributed by atoms with E-state index >= 15 is 0 Å². The molecule has 3 heterocycles. The molecule has 0 spiro atoms. The lowest BCUT2D eigenvalue weighted by molar-refractivity contribution is 0.0664. The molecule has 8 heteroatoms. The fraction of sp³-hybridized carbons (Fsp3) is 0.409. The molecule has 158 valence electrons. The van der Waals surface area contributed by atoms with Crippen molar-refractivity contribution >= 4 is 22.6 Å². The summed E-state index contributed by atoms with van der Waals surface area (Å²) in [6, 6.07) is 9.17. The molecule has 8 nitrogen and oxygen atoms in total. The van der Waals surface area contributed by atoms with E-state index in [1.807, 2.05) is 36.9 Å². The highest BCUT2D eigenvalue weighted by Crippen LogP contribution is 2.29. The van der Waals surface area contributed by atoms with Crippen LogP contribution in [0.5, 0.6) is 11.6 Å². The SMILES string of the molecule is COc1cccc(NC(=O)c2cc3cn(C4CCOCC4)nc3cc2OC(C)C)n1. The van der Waals surface area contributed by atoms with Gasteiger partial charge in [-0.3, -0.25) is 9.48 Å². The molecule has 0 aliphatic carbocycles. The maximum absolute atomic E-state index is 13.1. The second kappa shape index (κ2) is 8.71. The van der Waals surface area contributed by atoms with E-state index in [4.69, 9.17) is 19.3 Å². The van der Waals surface area contributed by atoms with Gasteiger partial charge in [-0.1, -0.05) is 6.07 Å². The van der Waals surface area contributed by atoms with Gasteiger partial charge in [0.05, 0.1) is 30.3 Å². The predicted octanol–water partition coefficient (Wildman–Crippen LogP) is 3.83. The maximum Gasteiger partial charge on any atom is 0.260 e. The van der Waals surface area contributed by atoms with Crippen LogP contribution < -0.4 is 14.8 Å². The van der Waals surface area contributed by atoms with Gasteiger partial charge in [0.1, 0.15) is 11.6 Å². The van der Waals surface area contributed by atoms with E-state index in [2.05, 4.69) is 10.3 Å². The van der Waals surface area contributed by atoms with Crippen molar-refractivity contribution in [3.8, 4) is 11.6 Å². The summed E-state index contributed by atoms with van der Waals surface area (Å²) in [6.07, 6.45) is 3.77. The van der Waals surface area contributed by atoms with Crippen LogP contribution in [-0.2, 0) is 4.74 Å². The summed E-state index contributed by atoms with van der Waals surface area (Å²) in [5, 5.41) is 8.45. The highest BCUT2D eigenvalue weighted by atomic mass is 16.5. The Morgan fingerprint density at radius 3 is 2.80 bits per heavy atom. The van der Waals surface area contributed by atoms with Crippen molar-refractivity contribution < 1.29 is 19.0 Å². The number of hydrogen-bond acceptors (Lipinski definition) is 6. The van der Waals surface area contributed by atoms with E-state index in [9.17, 15) is 4.79 Å². The number of rotatable bonds is 6. The van der Waals surface area contributed by atoms with Gasteiger partial charge in [0, 0.05) is 36.9 Å². The van der Waals surface area contributed by atoms with Crippen LogP contribution in [0.2, 0.25) is 0 Å². The van der Waals surface area contributed by atoms with Gasteiger partial charge in [0.2, 0.25) is 5.88 Å². The number of carbonyl (C=O) groups excluding carboxylic acids is 1. The van der Waals surface area contributed by atoms with Gasteiger partial charge in [0.25, 0.3) is 5.91 Å². The Bertz CT molecular complexity index is 1040. The molecule has 30 heavy (non-hydrogen) atoms. The number of carbonyl (C=O) groups is 1. The van der Waals surface area contributed by atoms with Crippen LogP contribution in [0, 0.1) is 0 Å². The largest absolute Gasteiger partial charge is 0.490 e. The number of pyridine rings is 1. The number of methoxy groups -OCH3 is 1. The number of nitrogens with zero attached hydrogens (tertiary/aromatic N) is 3. The molecule has 3 aromatic rings. The highest BCUT2D eigenvalue weighted by Gasteiger charge is 2.21. The molecule has 4 rings (SSSR count). The zero-order valence-corrected chi connectivity index (χ0v) is 17.4.